The minimum Gasteiger partial charge on any atom is -0.356 e. The molecule has 0 aliphatic carbocycles. The molecule has 23 heavy (non-hydrogen) atoms. The molecule has 1 amide bonds. The molecule has 7 heteroatoms. The Morgan fingerprint density at radius 2 is 2.04 bits per heavy atom. The minimum absolute atomic E-state index is 0.0930. The zero-order valence-electron chi connectivity index (χ0n) is 12.4. The normalized spacial score (nSPS) is 19.8. The van der Waals surface area contributed by atoms with Gasteiger partial charge < -0.3 is 10.6 Å². The second-order valence-corrected chi connectivity index (χ2v) is 5.79. The highest BCUT2D eigenvalue weighted by molar-refractivity contribution is 8.13. The van der Waals surface area contributed by atoms with Crippen molar-refractivity contribution in [2.75, 3.05) is 11.6 Å². The monoisotopic (exact) mass is 330 g/mol. The van der Waals surface area contributed by atoms with Crippen molar-refractivity contribution >= 4 is 29.2 Å². The maximum absolute atomic E-state index is 13.2. The maximum atomic E-state index is 13.2. The van der Waals surface area contributed by atoms with Crippen LogP contribution in [-0.2, 0) is 4.79 Å². The third-order valence-electron chi connectivity index (χ3n) is 3.61. The summed E-state index contributed by atoms with van der Waals surface area (Å²) >= 11 is 1.52. The van der Waals surface area contributed by atoms with E-state index in [1.54, 1.807) is 24.4 Å². The largest absolute Gasteiger partial charge is 0.356 e. The zero-order valence-corrected chi connectivity index (χ0v) is 13.2. The van der Waals surface area contributed by atoms with Gasteiger partial charge in [0.1, 0.15) is 17.7 Å². The molecule has 2 heterocycles. The number of amides is 1. The van der Waals surface area contributed by atoms with Gasteiger partial charge in [-0.05, 0) is 41.6 Å². The number of pyridine rings is 1. The molecule has 0 bridgehead atoms. The first-order valence-corrected chi connectivity index (χ1v) is 8.23. The number of nitrogens with zero attached hydrogens (tertiary/aromatic N) is 2. The summed E-state index contributed by atoms with van der Waals surface area (Å²) in [5.74, 6) is 0.207. The number of carbonyl (C=O) groups excluding carboxylic acids is 1. The fraction of sp³-hybridized carbons (Fsp3) is 0.188. The average molecular weight is 330 g/mol. The first-order chi connectivity index (χ1) is 11.2. The lowest BCUT2D eigenvalue weighted by Gasteiger charge is -2.19. The second-order valence-electron chi connectivity index (χ2n) is 4.99. The quantitative estimate of drug-likeness (QED) is 0.846. The minimum atomic E-state index is -0.268. The van der Waals surface area contributed by atoms with Crippen molar-refractivity contribution in [3.63, 3.8) is 0 Å². The summed E-state index contributed by atoms with van der Waals surface area (Å²) in [4.78, 5) is 19.4. The zero-order chi connectivity index (χ0) is 16.2. The van der Waals surface area contributed by atoms with Crippen LogP contribution in [0.15, 0.2) is 47.6 Å². The maximum Gasteiger partial charge on any atom is 0.212 e. The molecule has 2 aromatic rings. The predicted octanol–water partition coefficient (Wildman–Crippen LogP) is 2.89. The standard InChI is InChI=1S/C16H15FN4OS/c1-23-16-20-14(10-2-4-12(17)5-3-10)15(21-16)11-6-7-18-13(8-11)19-9-22/h2-9,14-15H,1H3,(H,20,21)(H,18,19,22). The number of benzene rings is 1. The molecule has 1 aromatic carbocycles. The number of anilines is 1. The highest BCUT2D eigenvalue weighted by atomic mass is 32.2. The molecule has 2 atom stereocenters. The average Bonchev–Trinajstić information content (AvgIpc) is 3.00. The summed E-state index contributed by atoms with van der Waals surface area (Å²) in [6.45, 7) is 0. The number of thioether (sulfide) groups is 1. The lowest BCUT2D eigenvalue weighted by Crippen LogP contribution is -2.22. The topological polar surface area (TPSA) is 66.4 Å². The van der Waals surface area contributed by atoms with Crippen LogP contribution in [-0.4, -0.2) is 22.8 Å². The molecule has 0 fully saturated rings. The molecule has 2 N–H and O–H groups in total. The van der Waals surface area contributed by atoms with Gasteiger partial charge in [-0.25, -0.2) is 9.37 Å². The third-order valence-corrected chi connectivity index (χ3v) is 4.22. The molecule has 0 saturated carbocycles. The Bertz CT molecular complexity index is 735. The lowest BCUT2D eigenvalue weighted by molar-refractivity contribution is -0.105. The van der Waals surface area contributed by atoms with Crippen molar-refractivity contribution in [1.29, 1.82) is 0 Å². The Labute approximate surface area is 137 Å². The van der Waals surface area contributed by atoms with E-state index in [4.69, 9.17) is 0 Å². The molecular formula is C16H15FN4OS. The number of rotatable bonds is 4. The van der Waals surface area contributed by atoms with Crippen LogP contribution in [0.2, 0.25) is 0 Å². The fourth-order valence-corrected chi connectivity index (χ4v) is 3.00. The third kappa shape index (κ3) is 3.34. The first-order valence-electron chi connectivity index (χ1n) is 7.01. The molecule has 1 aromatic heterocycles. The van der Waals surface area contributed by atoms with Crippen molar-refractivity contribution in [2.24, 2.45) is 4.99 Å². The van der Waals surface area contributed by atoms with Gasteiger partial charge in [-0.3, -0.25) is 9.79 Å². The number of aromatic nitrogens is 1. The van der Waals surface area contributed by atoms with Crippen molar-refractivity contribution in [3.05, 3.63) is 59.5 Å². The SMILES string of the molecule is CSC1=NC(c2ccnc(NC=O)c2)C(c2ccc(F)cc2)N1. The van der Waals surface area contributed by atoms with E-state index in [0.29, 0.717) is 12.2 Å². The number of halogens is 1. The summed E-state index contributed by atoms with van der Waals surface area (Å²) in [5.41, 5.74) is 1.88. The Morgan fingerprint density at radius 1 is 1.26 bits per heavy atom. The van der Waals surface area contributed by atoms with E-state index in [0.717, 1.165) is 16.3 Å². The van der Waals surface area contributed by atoms with Crippen molar-refractivity contribution in [3.8, 4) is 0 Å². The molecule has 2 unspecified atom stereocenters. The number of nitrogens with one attached hydrogen (secondary N) is 2. The molecule has 118 valence electrons. The summed E-state index contributed by atoms with van der Waals surface area (Å²) in [7, 11) is 0. The van der Waals surface area contributed by atoms with Crippen molar-refractivity contribution in [2.45, 2.75) is 12.1 Å². The molecule has 3 rings (SSSR count). The van der Waals surface area contributed by atoms with E-state index >= 15 is 0 Å². The number of hydrogen-bond donors (Lipinski definition) is 2. The van der Waals surface area contributed by atoms with Crippen LogP contribution in [0.1, 0.15) is 23.2 Å². The summed E-state index contributed by atoms with van der Waals surface area (Å²) < 4.78 is 13.2. The van der Waals surface area contributed by atoms with Crippen LogP contribution in [0.5, 0.6) is 0 Å². The number of aliphatic imine (C=N–C) groups is 1. The highest BCUT2D eigenvalue weighted by Crippen LogP contribution is 2.37. The smallest absolute Gasteiger partial charge is 0.212 e. The van der Waals surface area contributed by atoms with E-state index in [1.807, 2.05) is 12.3 Å². The second kappa shape index (κ2) is 6.78. The molecule has 1 aliphatic rings. The van der Waals surface area contributed by atoms with Crippen molar-refractivity contribution in [1.82, 2.24) is 10.3 Å². The van der Waals surface area contributed by atoms with Crippen molar-refractivity contribution < 1.29 is 9.18 Å². The lowest BCUT2D eigenvalue weighted by atomic mass is 9.95. The Morgan fingerprint density at radius 3 is 2.74 bits per heavy atom. The van der Waals surface area contributed by atoms with Gasteiger partial charge in [-0.1, -0.05) is 23.9 Å². The van der Waals surface area contributed by atoms with Gasteiger partial charge in [-0.2, -0.15) is 0 Å². The molecular weight excluding hydrogens is 315 g/mol. The molecule has 0 spiro atoms. The van der Waals surface area contributed by atoms with Gasteiger partial charge in [0.2, 0.25) is 6.41 Å². The van der Waals surface area contributed by atoms with Crippen LogP contribution >= 0.6 is 11.8 Å². The van der Waals surface area contributed by atoms with Crippen LogP contribution in [0.3, 0.4) is 0 Å². The van der Waals surface area contributed by atoms with E-state index in [1.165, 1.54) is 23.9 Å². The summed E-state index contributed by atoms with van der Waals surface area (Å²) in [6.07, 6.45) is 4.17. The van der Waals surface area contributed by atoms with E-state index < -0.39 is 0 Å². The number of hydrogen-bond acceptors (Lipinski definition) is 5. The Kier molecular flexibility index (Phi) is 4.57. The summed E-state index contributed by atoms with van der Waals surface area (Å²) in [5, 5.41) is 6.72. The van der Waals surface area contributed by atoms with Crippen LogP contribution in [0.25, 0.3) is 0 Å². The van der Waals surface area contributed by atoms with Gasteiger partial charge >= 0.3 is 0 Å². The number of carbonyl (C=O) groups is 1. The van der Waals surface area contributed by atoms with E-state index in [2.05, 4.69) is 20.6 Å². The van der Waals surface area contributed by atoms with Gasteiger partial charge in [-0.15, -0.1) is 0 Å². The highest BCUT2D eigenvalue weighted by Gasteiger charge is 2.31. The van der Waals surface area contributed by atoms with E-state index in [-0.39, 0.29) is 17.9 Å². The summed E-state index contributed by atoms with van der Waals surface area (Å²) in [6, 6.07) is 9.79. The molecule has 5 nitrogen and oxygen atoms in total. The van der Waals surface area contributed by atoms with Crippen LogP contribution in [0, 0.1) is 5.82 Å². The van der Waals surface area contributed by atoms with E-state index in [9.17, 15) is 9.18 Å². The first kappa shape index (κ1) is 15.5. The van der Waals surface area contributed by atoms with Crippen LogP contribution < -0.4 is 10.6 Å². The van der Waals surface area contributed by atoms with Gasteiger partial charge in [0.15, 0.2) is 5.17 Å². The molecule has 1 aliphatic heterocycles. The number of amidine groups is 1. The fourth-order valence-electron chi connectivity index (χ4n) is 2.53. The molecule has 0 saturated heterocycles. The van der Waals surface area contributed by atoms with Gasteiger partial charge in [0.05, 0.1) is 6.04 Å². The van der Waals surface area contributed by atoms with Gasteiger partial charge in [0, 0.05) is 6.20 Å². The Hall–Kier alpha value is -2.41. The van der Waals surface area contributed by atoms with Gasteiger partial charge in [0.25, 0.3) is 0 Å². The Balaban J connectivity index is 1.95. The molecule has 0 radical (unpaired) electrons. The predicted molar refractivity (Wildman–Crippen MR) is 89.9 cm³/mol. The van der Waals surface area contributed by atoms with Crippen LogP contribution in [0.4, 0.5) is 10.2 Å².